The van der Waals surface area contributed by atoms with E-state index in [2.05, 4.69) is 30.4 Å². The molecular weight excluding hydrogens is 242 g/mol. The zero-order valence-electron chi connectivity index (χ0n) is 12.4. The Bertz CT molecular complexity index is 480. The van der Waals surface area contributed by atoms with E-state index in [0.717, 1.165) is 12.8 Å². The summed E-state index contributed by atoms with van der Waals surface area (Å²) in [6.07, 6.45) is 21.8. The molecule has 20 heavy (non-hydrogen) atoms. The van der Waals surface area contributed by atoms with E-state index in [4.69, 9.17) is 0 Å². The minimum Gasteiger partial charge on any atom is -0.198 e. The largest absolute Gasteiger partial charge is 0.198 e. The lowest BCUT2D eigenvalue weighted by Gasteiger charge is -2.41. The van der Waals surface area contributed by atoms with E-state index in [1.54, 1.807) is 11.1 Å². The first-order valence-electron chi connectivity index (χ1n) is 8.29. The van der Waals surface area contributed by atoms with Gasteiger partial charge in [-0.05, 0) is 55.9 Å². The van der Waals surface area contributed by atoms with Gasteiger partial charge < -0.3 is 0 Å². The summed E-state index contributed by atoms with van der Waals surface area (Å²) < 4.78 is 0. The third-order valence-corrected chi connectivity index (χ3v) is 5.49. The van der Waals surface area contributed by atoms with Crippen molar-refractivity contribution < 1.29 is 0 Å². The predicted octanol–water partition coefficient (Wildman–Crippen LogP) is 5.46. The van der Waals surface area contributed by atoms with Gasteiger partial charge in [0.25, 0.3) is 0 Å². The zero-order chi connectivity index (χ0) is 13.8. The second-order valence-electron chi connectivity index (χ2n) is 6.71. The Balaban J connectivity index is 1.97. The summed E-state index contributed by atoms with van der Waals surface area (Å²) in [6, 6.07) is 2.48. The second kappa shape index (κ2) is 6.00. The SMILES string of the molecule is N#CC1/C=C\CC2=C(C=CCC2)C2(CCCCC2)CC1. The van der Waals surface area contributed by atoms with Gasteiger partial charge in [0.1, 0.15) is 0 Å². The predicted molar refractivity (Wildman–Crippen MR) is 83.0 cm³/mol. The molecule has 0 aromatic heterocycles. The van der Waals surface area contributed by atoms with Crippen LogP contribution in [0.5, 0.6) is 0 Å². The lowest BCUT2D eigenvalue weighted by atomic mass is 9.63. The number of hydrogen-bond acceptors (Lipinski definition) is 1. The first kappa shape index (κ1) is 13.7. The highest BCUT2D eigenvalue weighted by Crippen LogP contribution is 2.50. The van der Waals surface area contributed by atoms with Crippen LogP contribution in [0.25, 0.3) is 0 Å². The van der Waals surface area contributed by atoms with E-state index in [-0.39, 0.29) is 5.92 Å². The van der Waals surface area contributed by atoms with Crippen molar-refractivity contribution in [2.45, 2.75) is 64.2 Å². The highest BCUT2D eigenvalue weighted by molar-refractivity contribution is 5.37. The van der Waals surface area contributed by atoms with Crippen molar-refractivity contribution >= 4 is 0 Å². The van der Waals surface area contributed by atoms with Gasteiger partial charge in [0.2, 0.25) is 0 Å². The molecule has 1 unspecified atom stereocenters. The molecule has 0 heterocycles. The van der Waals surface area contributed by atoms with Gasteiger partial charge in [-0.2, -0.15) is 5.26 Å². The van der Waals surface area contributed by atoms with Crippen LogP contribution in [0.15, 0.2) is 35.5 Å². The molecule has 1 heteroatoms. The second-order valence-corrected chi connectivity index (χ2v) is 6.71. The Morgan fingerprint density at radius 2 is 1.95 bits per heavy atom. The summed E-state index contributed by atoms with van der Waals surface area (Å²) in [5.41, 5.74) is 3.71. The van der Waals surface area contributed by atoms with Crippen LogP contribution in [0.1, 0.15) is 64.2 Å². The normalized spacial score (nSPS) is 30.9. The molecule has 3 rings (SSSR count). The van der Waals surface area contributed by atoms with Crippen molar-refractivity contribution in [3.8, 4) is 6.07 Å². The summed E-state index contributed by atoms with van der Waals surface area (Å²) in [5.74, 6) is 0.124. The number of fused-ring (bicyclic) bond motifs is 1. The van der Waals surface area contributed by atoms with Gasteiger partial charge in [0.15, 0.2) is 0 Å². The first-order valence-corrected chi connectivity index (χ1v) is 8.29. The van der Waals surface area contributed by atoms with E-state index >= 15 is 0 Å². The number of allylic oxidation sites excluding steroid dienone is 6. The molecule has 1 nitrogen and oxygen atoms in total. The van der Waals surface area contributed by atoms with Crippen molar-refractivity contribution in [2.75, 3.05) is 0 Å². The van der Waals surface area contributed by atoms with Crippen molar-refractivity contribution in [2.24, 2.45) is 11.3 Å². The number of hydrogen-bond donors (Lipinski definition) is 0. The summed E-state index contributed by atoms with van der Waals surface area (Å²) in [5, 5.41) is 9.32. The van der Waals surface area contributed by atoms with Crippen molar-refractivity contribution in [1.82, 2.24) is 0 Å². The smallest absolute Gasteiger partial charge is 0.0697 e. The standard InChI is InChI=1S/C19H25N/c20-15-16-7-6-9-17-8-2-3-10-18(17)19(14-11-16)12-4-1-5-13-19/h3,6-7,10,16H,1-2,4-5,8-9,11-14H2/b7-6-. The summed E-state index contributed by atoms with van der Waals surface area (Å²) >= 11 is 0. The van der Waals surface area contributed by atoms with Crippen LogP contribution in [0.4, 0.5) is 0 Å². The summed E-state index contributed by atoms with van der Waals surface area (Å²) in [7, 11) is 0. The van der Waals surface area contributed by atoms with Gasteiger partial charge in [0.05, 0.1) is 12.0 Å². The van der Waals surface area contributed by atoms with Crippen LogP contribution in [-0.4, -0.2) is 0 Å². The maximum absolute atomic E-state index is 9.32. The van der Waals surface area contributed by atoms with E-state index < -0.39 is 0 Å². The fraction of sp³-hybridized carbons (Fsp3) is 0.632. The van der Waals surface area contributed by atoms with Crippen molar-refractivity contribution in [3.05, 3.63) is 35.5 Å². The third-order valence-electron chi connectivity index (χ3n) is 5.49. The molecule has 3 aliphatic carbocycles. The molecule has 0 bridgehead atoms. The molecule has 0 aliphatic heterocycles. The van der Waals surface area contributed by atoms with E-state index in [9.17, 15) is 5.26 Å². The Labute approximate surface area is 123 Å². The third kappa shape index (κ3) is 2.62. The molecule has 3 aliphatic rings. The van der Waals surface area contributed by atoms with Gasteiger partial charge in [-0.15, -0.1) is 0 Å². The Morgan fingerprint density at radius 3 is 2.75 bits per heavy atom. The molecule has 1 atom stereocenters. The molecule has 1 saturated carbocycles. The molecular formula is C19H25N. The van der Waals surface area contributed by atoms with Gasteiger partial charge in [-0.1, -0.05) is 49.1 Å². The molecule has 0 aromatic carbocycles. The molecule has 1 fully saturated rings. The van der Waals surface area contributed by atoms with Crippen molar-refractivity contribution in [3.63, 3.8) is 0 Å². The van der Waals surface area contributed by atoms with Crippen LogP contribution >= 0.6 is 0 Å². The highest BCUT2D eigenvalue weighted by atomic mass is 14.4. The van der Waals surface area contributed by atoms with Crippen molar-refractivity contribution in [1.29, 1.82) is 5.26 Å². The van der Waals surface area contributed by atoms with Crippen LogP contribution in [0, 0.1) is 22.7 Å². The Kier molecular flexibility index (Phi) is 4.10. The van der Waals surface area contributed by atoms with Crippen LogP contribution in [0.2, 0.25) is 0 Å². The zero-order valence-corrected chi connectivity index (χ0v) is 12.4. The van der Waals surface area contributed by atoms with E-state index in [1.165, 1.54) is 51.4 Å². The molecule has 106 valence electrons. The minimum atomic E-state index is 0.124. The number of nitrogens with zero attached hydrogens (tertiary/aromatic N) is 1. The van der Waals surface area contributed by atoms with Gasteiger partial charge in [-0.3, -0.25) is 0 Å². The molecule has 0 aromatic rings. The topological polar surface area (TPSA) is 23.8 Å². The molecule has 0 radical (unpaired) electrons. The Morgan fingerprint density at radius 1 is 1.10 bits per heavy atom. The van der Waals surface area contributed by atoms with E-state index in [0.29, 0.717) is 5.41 Å². The lowest BCUT2D eigenvalue weighted by molar-refractivity contribution is 0.215. The van der Waals surface area contributed by atoms with Crippen LogP contribution < -0.4 is 0 Å². The highest BCUT2D eigenvalue weighted by Gasteiger charge is 2.37. The lowest BCUT2D eigenvalue weighted by Crippen LogP contribution is -2.28. The summed E-state index contributed by atoms with van der Waals surface area (Å²) in [6.45, 7) is 0. The van der Waals surface area contributed by atoms with E-state index in [1.807, 2.05) is 0 Å². The van der Waals surface area contributed by atoms with Gasteiger partial charge in [0, 0.05) is 0 Å². The number of nitriles is 1. The fourth-order valence-corrected chi connectivity index (χ4v) is 4.37. The first-order chi connectivity index (χ1) is 9.84. The number of rotatable bonds is 0. The monoisotopic (exact) mass is 267 g/mol. The van der Waals surface area contributed by atoms with Crippen LogP contribution in [-0.2, 0) is 0 Å². The quantitative estimate of drug-likeness (QED) is 0.534. The average molecular weight is 267 g/mol. The van der Waals surface area contributed by atoms with Gasteiger partial charge >= 0.3 is 0 Å². The molecule has 0 saturated heterocycles. The molecule has 1 spiro atoms. The average Bonchev–Trinajstić information content (AvgIpc) is 2.58. The maximum Gasteiger partial charge on any atom is 0.0697 e. The maximum atomic E-state index is 9.32. The fourth-order valence-electron chi connectivity index (χ4n) is 4.37. The van der Waals surface area contributed by atoms with Gasteiger partial charge in [-0.25, -0.2) is 0 Å². The Hall–Kier alpha value is -1.29. The summed E-state index contributed by atoms with van der Waals surface area (Å²) in [4.78, 5) is 0. The van der Waals surface area contributed by atoms with Crippen LogP contribution in [0.3, 0.4) is 0 Å². The molecule has 0 N–H and O–H groups in total. The molecule has 0 amide bonds. The minimum absolute atomic E-state index is 0.124.